The van der Waals surface area contributed by atoms with Gasteiger partial charge in [0, 0.05) is 0 Å². The predicted octanol–water partition coefficient (Wildman–Crippen LogP) is 3.00. The van der Waals surface area contributed by atoms with Crippen molar-refractivity contribution in [3.63, 3.8) is 0 Å². The van der Waals surface area contributed by atoms with Crippen molar-refractivity contribution in [2.75, 3.05) is 7.11 Å². The third-order valence-electron chi connectivity index (χ3n) is 2.66. The van der Waals surface area contributed by atoms with E-state index in [2.05, 4.69) is 0 Å². The van der Waals surface area contributed by atoms with Gasteiger partial charge in [-0.25, -0.2) is 0 Å². The summed E-state index contributed by atoms with van der Waals surface area (Å²) in [5, 5.41) is 9.97. The Balaban J connectivity index is 3.14. The largest absolute Gasteiger partial charge is 0.496 e. The zero-order valence-corrected chi connectivity index (χ0v) is 10.2. The second-order valence-electron chi connectivity index (χ2n) is 4.38. The zero-order valence-electron chi connectivity index (χ0n) is 10.2. The molecule has 0 saturated carbocycles. The normalized spacial score (nSPS) is 13.0. The summed E-state index contributed by atoms with van der Waals surface area (Å²) in [4.78, 5) is 0. The van der Waals surface area contributed by atoms with E-state index in [9.17, 15) is 5.11 Å². The number of aliphatic hydroxyl groups excluding tert-OH is 1. The van der Waals surface area contributed by atoms with E-state index in [0.717, 1.165) is 22.4 Å². The van der Waals surface area contributed by atoms with Crippen molar-refractivity contribution in [2.45, 2.75) is 33.8 Å². The minimum atomic E-state index is -0.395. The molecule has 0 aromatic heterocycles. The molecule has 2 nitrogen and oxygen atoms in total. The number of ether oxygens (including phenoxy) is 1. The molecule has 0 heterocycles. The second kappa shape index (κ2) is 4.67. The molecule has 1 aromatic rings. The molecule has 1 unspecified atom stereocenters. The van der Waals surface area contributed by atoms with Crippen molar-refractivity contribution in [1.82, 2.24) is 0 Å². The summed E-state index contributed by atoms with van der Waals surface area (Å²) in [7, 11) is 1.67. The molecule has 84 valence electrons. The summed E-state index contributed by atoms with van der Waals surface area (Å²) in [6.07, 6.45) is -0.395. The predicted molar refractivity (Wildman–Crippen MR) is 62.3 cm³/mol. The lowest BCUT2D eigenvalue weighted by atomic mass is 9.95. The Labute approximate surface area is 91.9 Å². The summed E-state index contributed by atoms with van der Waals surface area (Å²) in [6.45, 7) is 8.03. The van der Waals surface area contributed by atoms with Crippen molar-refractivity contribution in [1.29, 1.82) is 0 Å². The van der Waals surface area contributed by atoms with Crippen LogP contribution in [0, 0.1) is 19.8 Å². The van der Waals surface area contributed by atoms with Crippen molar-refractivity contribution in [3.8, 4) is 5.75 Å². The lowest BCUT2D eigenvalue weighted by Crippen LogP contribution is -2.06. The van der Waals surface area contributed by atoms with Crippen LogP contribution < -0.4 is 4.74 Å². The minimum Gasteiger partial charge on any atom is -0.496 e. The fourth-order valence-electron chi connectivity index (χ4n) is 1.86. The van der Waals surface area contributed by atoms with Gasteiger partial charge in [-0.15, -0.1) is 0 Å². The van der Waals surface area contributed by atoms with E-state index in [1.54, 1.807) is 7.11 Å². The van der Waals surface area contributed by atoms with Gasteiger partial charge in [-0.2, -0.15) is 0 Å². The number of benzene rings is 1. The molecular formula is C13H20O2. The number of hydrogen-bond donors (Lipinski definition) is 1. The van der Waals surface area contributed by atoms with E-state index >= 15 is 0 Å². The second-order valence-corrected chi connectivity index (χ2v) is 4.38. The highest BCUT2D eigenvalue weighted by atomic mass is 16.5. The number of hydrogen-bond acceptors (Lipinski definition) is 2. The molecule has 15 heavy (non-hydrogen) atoms. The van der Waals surface area contributed by atoms with Crippen LogP contribution in [0.25, 0.3) is 0 Å². The van der Waals surface area contributed by atoms with Crippen molar-refractivity contribution < 1.29 is 9.84 Å². The zero-order chi connectivity index (χ0) is 11.6. The molecule has 2 heteroatoms. The van der Waals surface area contributed by atoms with Crippen LogP contribution in [-0.2, 0) is 0 Å². The highest BCUT2D eigenvalue weighted by Crippen LogP contribution is 2.29. The van der Waals surface area contributed by atoms with Gasteiger partial charge in [-0.05, 0) is 48.6 Å². The van der Waals surface area contributed by atoms with Crippen LogP contribution in [0.3, 0.4) is 0 Å². The molecule has 0 bridgehead atoms. The highest BCUT2D eigenvalue weighted by Gasteiger charge is 2.14. The van der Waals surface area contributed by atoms with Gasteiger partial charge in [0.2, 0.25) is 0 Å². The Bertz CT molecular complexity index is 319. The quantitative estimate of drug-likeness (QED) is 0.827. The van der Waals surface area contributed by atoms with E-state index in [4.69, 9.17) is 4.74 Å². The molecule has 0 aliphatic heterocycles. The molecule has 1 aromatic carbocycles. The maximum Gasteiger partial charge on any atom is 0.124 e. The fourth-order valence-corrected chi connectivity index (χ4v) is 1.86. The molecular weight excluding hydrogens is 188 g/mol. The molecule has 0 aliphatic carbocycles. The van der Waals surface area contributed by atoms with E-state index in [0.29, 0.717) is 0 Å². The van der Waals surface area contributed by atoms with Gasteiger partial charge in [0.15, 0.2) is 0 Å². The lowest BCUT2D eigenvalue weighted by Gasteiger charge is -2.18. The summed E-state index contributed by atoms with van der Waals surface area (Å²) < 4.78 is 5.29. The number of rotatable bonds is 3. The van der Waals surface area contributed by atoms with Gasteiger partial charge in [0.05, 0.1) is 13.2 Å². The minimum absolute atomic E-state index is 0.234. The van der Waals surface area contributed by atoms with Crippen LogP contribution in [0.4, 0.5) is 0 Å². The first-order valence-electron chi connectivity index (χ1n) is 5.30. The molecule has 0 fully saturated rings. The average Bonchev–Trinajstić information content (AvgIpc) is 2.15. The van der Waals surface area contributed by atoms with Gasteiger partial charge in [0.25, 0.3) is 0 Å². The Kier molecular flexibility index (Phi) is 3.75. The first kappa shape index (κ1) is 12.1. The fraction of sp³-hybridized carbons (Fsp3) is 0.538. The first-order chi connectivity index (χ1) is 6.97. The standard InChI is InChI=1S/C13H20O2/c1-8(2)12(14)11-6-9(3)13(15-5)10(4)7-11/h6-8,12,14H,1-5H3. The number of aliphatic hydroxyl groups is 1. The van der Waals surface area contributed by atoms with Gasteiger partial charge in [-0.1, -0.05) is 13.8 Å². The van der Waals surface area contributed by atoms with E-state index in [-0.39, 0.29) is 5.92 Å². The van der Waals surface area contributed by atoms with Crippen molar-refractivity contribution >= 4 is 0 Å². The maximum atomic E-state index is 9.97. The topological polar surface area (TPSA) is 29.5 Å². The van der Waals surface area contributed by atoms with Gasteiger partial charge in [0.1, 0.15) is 5.75 Å². The smallest absolute Gasteiger partial charge is 0.124 e. The van der Waals surface area contributed by atoms with Gasteiger partial charge >= 0.3 is 0 Å². The van der Waals surface area contributed by atoms with Crippen LogP contribution >= 0.6 is 0 Å². The van der Waals surface area contributed by atoms with E-state index in [1.807, 2.05) is 39.8 Å². The van der Waals surface area contributed by atoms with E-state index in [1.165, 1.54) is 0 Å². The summed E-state index contributed by atoms with van der Waals surface area (Å²) in [5.41, 5.74) is 3.13. The lowest BCUT2D eigenvalue weighted by molar-refractivity contribution is 0.126. The maximum absolute atomic E-state index is 9.97. The third kappa shape index (κ3) is 2.51. The molecule has 1 rings (SSSR count). The van der Waals surface area contributed by atoms with Gasteiger partial charge < -0.3 is 9.84 Å². The number of aryl methyl sites for hydroxylation is 2. The van der Waals surface area contributed by atoms with Crippen LogP contribution in [-0.4, -0.2) is 12.2 Å². The molecule has 0 radical (unpaired) electrons. The Hall–Kier alpha value is -1.02. The Morgan fingerprint density at radius 3 is 1.93 bits per heavy atom. The monoisotopic (exact) mass is 208 g/mol. The molecule has 0 saturated heterocycles. The average molecular weight is 208 g/mol. The van der Waals surface area contributed by atoms with Crippen LogP contribution in [0.5, 0.6) is 5.75 Å². The van der Waals surface area contributed by atoms with Gasteiger partial charge in [-0.3, -0.25) is 0 Å². The van der Waals surface area contributed by atoms with Crippen molar-refractivity contribution in [3.05, 3.63) is 28.8 Å². The molecule has 0 amide bonds. The van der Waals surface area contributed by atoms with Crippen LogP contribution in [0.2, 0.25) is 0 Å². The van der Waals surface area contributed by atoms with E-state index < -0.39 is 6.10 Å². The van der Waals surface area contributed by atoms with Crippen molar-refractivity contribution in [2.24, 2.45) is 5.92 Å². The highest BCUT2D eigenvalue weighted by molar-refractivity contribution is 5.43. The molecule has 1 atom stereocenters. The SMILES string of the molecule is COc1c(C)cc(C(O)C(C)C)cc1C. The number of methoxy groups -OCH3 is 1. The Morgan fingerprint density at radius 1 is 1.13 bits per heavy atom. The molecule has 0 aliphatic rings. The summed E-state index contributed by atoms with van der Waals surface area (Å²) in [6, 6.07) is 3.99. The van der Waals surface area contributed by atoms with Crippen LogP contribution in [0.1, 0.15) is 36.6 Å². The third-order valence-corrected chi connectivity index (χ3v) is 2.66. The summed E-state index contributed by atoms with van der Waals surface area (Å²) >= 11 is 0. The van der Waals surface area contributed by atoms with Crippen LogP contribution in [0.15, 0.2) is 12.1 Å². The first-order valence-corrected chi connectivity index (χ1v) is 5.30. The molecule has 0 spiro atoms. The Morgan fingerprint density at radius 2 is 1.60 bits per heavy atom. The summed E-state index contributed by atoms with van der Waals surface area (Å²) in [5.74, 6) is 1.15. The molecule has 1 N–H and O–H groups in total.